The predicted octanol–water partition coefficient (Wildman–Crippen LogP) is 0.636. The SMILES string of the molecule is CCCSC(N)=NCCC[C@H](N)C(=O)O. The molecule has 0 fully saturated rings. The van der Waals surface area contributed by atoms with Crippen molar-refractivity contribution in [3.05, 3.63) is 0 Å². The van der Waals surface area contributed by atoms with E-state index in [2.05, 4.69) is 11.9 Å². The second-order valence-corrected chi connectivity index (χ2v) is 4.27. The minimum Gasteiger partial charge on any atom is -0.480 e. The number of nitrogens with zero attached hydrogens (tertiary/aromatic N) is 1. The van der Waals surface area contributed by atoms with Gasteiger partial charge in [0, 0.05) is 12.3 Å². The van der Waals surface area contributed by atoms with Crippen LogP contribution in [0.3, 0.4) is 0 Å². The monoisotopic (exact) mass is 233 g/mol. The molecule has 0 aliphatic rings. The maximum absolute atomic E-state index is 10.4. The van der Waals surface area contributed by atoms with Crippen LogP contribution in [-0.4, -0.2) is 34.6 Å². The Balaban J connectivity index is 3.55. The van der Waals surface area contributed by atoms with Gasteiger partial charge in [0.25, 0.3) is 0 Å². The number of rotatable bonds is 7. The Hall–Kier alpha value is -0.750. The maximum Gasteiger partial charge on any atom is 0.320 e. The Labute approximate surface area is 94.3 Å². The third-order valence-electron chi connectivity index (χ3n) is 1.71. The van der Waals surface area contributed by atoms with Gasteiger partial charge in [-0.25, -0.2) is 0 Å². The molecule has 0 aliphatic carbocycles. The number of thioether (sulfide) groups is 1. The van der Waals surface area contributed by atoms with Crippen LogP contribution >= 0.6 is 11.8 Å². The van der Waals surface area contributed by atoms with Crippen LogP contribution in [0.1, 0.15) is 26.2 Å². The van der Waals surface area contributed by atoms with E-state index in [1.54, 1.807) is 0 Å². The molecule has 5 nitrogen and oxygen atoms in total. The molecular formula is C9H19N3O2S. The highest BCUT2D eigenvalue weighted by Crippen LogP contribution is 2.02. The van der Waals surface area contributed by atoms with E-state index in [0.717, 1.165) is 12.2 Å². The number of carbonyl (C=O) groups is 1. The maximum atomic E-state index is 10.4. The van der Waals surface area contributed by atoms with Crippen molar-refractivity contribution in [2.75, 3.05) is 12.3 Å². The van der Waals surface area contributed by atoms with Gasteiger partial charge in [-0.05, 0) is 19.3 Å². The fourth-order valence-electron chi connectivity index (χ4n) is 0.876. The molecule has 0 aromatic rings. The van der Waals surface area contributed by atoms with Crippen molar-refractivity contribution in [2.24, 2.45) is 16.5 Å². The number of carboxylic acids is 1. The van der Waals surface area contributed by atoms with Gasteiger partial charge in [0.2, 0.25) is 0 Å². The highest BCUT2D eigenvalue weighted by Gasteiger charge is 2.09. The van der Waals surface area contributed by atoms with E-state index >= 15 is 0 Å². The molecule has 6 heteroatoms. The molecule has 0 saturated carbocycles. The number of carboxylic acid groups (broad SMARTS) is 1. The van der Waals surface area contributed by atoms with Crippen LogP contribution in [0, 0.1) is 0 Å². The molecule has 1 atom stereocenters. The summed E-state index contributed by atoms with van der Waals surface area (Å²) in [7, 11) is 0. The van der Waals surface area contributed by atoms with Gasteiger partial charge in [-0.2, -0.15) is 0 Å². The summed E-state index contributed by atoms with van der Waals surface area (Å²) in [4.78, 5) is 14.5. The van der Waals surface area contributed by atoms with Gasteiger partial charge in [0.1, 0.15) is 6.04 Å². The molecule has 88 valence electrons. The van der Waals surface area contributed by atoms with E-state index in [0.29, 0.717) is 24.6 Å². The second kappa shape index (κ2) is 8.55. The Morgan fingerprint density at radius 3 is 2.80 bits per heavy atom. The first-order chi connectivity index (χ1) is 7.07. The number of hydrogen-bond acceptors (Lipinski definition) is 4. The first-order valence-electron chi connectivity index (χ1n) is 4.99. The average Bonchev–Trinajstić information content (AvgIpc) is 2.20. The van der Waals surface area contributed by atoms with E-state index in [1.807, 2.05) is 0 Å². The zero-order valence-electron chi connectivity index (χ0n) is 8.98. The van der Waals surface area contributed by atoms with Gasteiger partial charge in [0.05, 0.1) is 0 Å². The number of nitrogens with two attached hydrogens (primary N) is 2. The zero-order valence-corrected chi connectivity index (χ0v) is 9.80. The molecule has 15 heavy (non-hydrogen) atoms. The van der Waals surface area contributed by atoms with Crippen LogP contribution in [0.5, 0.6) is 0 Å². The fourth-order valence-corrected chi connectivity index (χ4v) is 1.47. The molecule has 0 radical (unpaired) electrons. The summed E-state index contributed by atoms with van der Waals surface area (Å²) in [5.41, 5.74) is 10.9. The molecule has 0 unspecified atom stereocenters. The van der Waals surface area contributed by atoms with Crippen molar-refractivity contribution in [2.45, 2.75) is 32.2 Å². The van der Waals surface area contributed by atoms with E-state index in [4.69, 9.17) is 16.6 Å². The average molecular weight is 233 g/mol. The van der Waals surface area contributed by atoms with E-state index in [1.165, 1.54) is 11.8 Å². The van der Waals surface area contributed by atoms with Gasteiger partial charge in [-0.15, -0.1) is 0 Å². The number of aliphatic imine (C=N–C) groups is 1. The van der Waals surface area contributed by atoms with Crippen molar-refractivity contribution in [3.63, 3.8) is 0 Å². The number of amidine groups is 1. The first kappa shape index (κ1) is 14.2. The van der Waals surface area contributed by atoms with Crippen LogP contribution in [-0.2, 0) is 4.79 Å². The molecule has 0 heterocycles. The predicted molar refractivity (Wildman–Crippen MR) is 64.1 cm³/mol. The summed E-state index contributed by atoms with van der Waals surface area (Å²) in [5, 5.41) is 9.09. The molecule has 0 aliphatic heterocycles. The van der Waals surface area contributed by atoms with Crippen LogP contribution in [0.2, 0.25) is 0 Å². The van der Waals surface area contributed by atoms with Crippen LogP contribution in [0.25, 0.3) is 0 Å². The summed E-state index contributed by atoms with van der Waals surface area (Å²) in [6.07, 6.45) is 2.15. The number of hydrogen-bond donors (Lipinski definition) is 3. The Morgan fingerprint density at radius 2 is 2.27 bits per heavy atom. The lowest BCUT2D eigenvalue weighted by Crippen LogP contribution is -2.30. The fraction of sp³-hybridized carbons (Fsp3) is 0.778. The molecule has 0 amide bonds. The topological polar surface area (TPSA) is 102 Å². The molecule has 0 saturated heterocycles. The minimum atomic E-state index is -0.965. The summed E-state index contributed by atoms with van der Waals surface area (Å²) >= 11 is 1.52. The van der Waals surface area contributed by atoms with Crippen molar-refractivity contribution < 1.29 is 9.90 Å². The van der Waals surface area contributed by atoms with Crippen LogP contribution in [0.15, 0.2) is 4.99 Å². The molecule has 0 rings (SSSR count). The summed E-state index contributed by atoms with van der Waals surface area (Å²) in [6.45, 7) is 2.62. The lowest BCUT2D eigenvalue weighted by atomic mass is 10.2. The number of aliphatic carboxylic acids is 1. The van der Waals surface area contributed by atoms with Crippen LogP contribution < -0.4 is 11.5 Å². The minimum absolute atomic E-state index is 0.435. The van der Waals surface area contributed by atoms with Gasteiger partial charge < -0.3 is 16.6 Å². The van der Waals surface area contributed by atoms with E-state index in [9.17, 15) is 4.79 Å². The highest BCUT2D eigenvalue weighted by molar-refractivity contribution is 8.13. The molecule has 0 bridgehead atoms. The second-order valence-electron chi connectivity index (χ2n) is 3.16. The third kappa shape index (κ3) is 8.26. The normalized spacial score (nSPS) is 13.9. The van der Waals surface area contributed by atoms with E-state index in [-0.39, 0.29) is 0 Å². The molecule has 0 aromatic carbocycles. The molecule has 0 spiro atoms. The van der Waals surface area contributed by atoms with Crippen LogP contribution in [0.4, 0.5) is 0 Å². The lowest BCUT2D eigenvalue weighted by molar-refractivity contribution is -0.138. The smallest absolute Gasteiger partial charge is 0.320 e. The standard InChI is InChI=1S/C9H19N3O2S/c1-2-6-15-9(11)12-5-3-4-7(10)8(13)14/h7H,2-6,10H2,1H3,(H2,11,12)(H,13,14)/t7-/m0/s1. The highest BCUT2D eigenvalue weighted by atomic mass is 32.2. The van der Waals surface area contributed by atoms with Crippen molar-refractivity contribution >= 4 is 22.9 Å². The summed E-state index contributed by atoms with van der Waals surface area (Å²) < 4.78 is 0. The Kier molecular flexibility index (Phi) is 8.12. The summed E-state index contributed by atoms with van der Waals surface area (Å²) in [6, 6.07) is -0.787. The van der Waals surface area contributed by atoms with Gasteiger partial charge in [-0.3, -0.25) is 9.79 Å². The van der Waals surface area contributed by atoms with Crippen molar-refractivity contribution in [1.29, 1.82) is 0 Å². The molecule has 0 aromatic heterocycles. The van der Waals surface area contributed by atoms with Crippen molar-refractivity contribution in [3.8, 4) is 0 Å². The van der Waals surface area contributed by atoms with Gasteiger partial charge in [0.15, 0.2) is 5.17 Å². The lowest BCUT2D eigenvalue weighted by Gasteiger charge is -2.04. The quantitative estimate of drug-likeness (QED) is 0.340. The third-order valence-corrected chi connectivity index (χ3v) is 2.75. The molecule has 5 N–H and O–H groups in total. The summed E-state index contributed by atoms with van der Waals surface area (Å²) in [5.74, 6) is -0.00318. The Morgan fingerprint density at radius 1 is 1.60 bits per heavy atom. The van der Waals surface area contributed by atoms with E-state index < -0.39 is 12.0 Å². The van der Waals surface area contributed by atoms with Crippen molar-refractivity contribution in [1.82, 2.24) is 0 Å². The largest absolute Gasteiger partial charge is 0.480 e. The Bertz CT molecular complexity index is 221. The zero-order chi connectivity index (χ0) is 11.7. The first-order valence-corrected chi connectivity index (χ1v) is 5.97. The van der Waals surface area contributed by atoms with Gasteiger partial charge >= 0.3 is 5.97 Å². The molecular weight excluding hydrogens is 214 g/mol. The van der Waals surface area contributed by atoms with Gasteiger partial charge in [-0.1, -0.05) is 18.7 Å².